The normalized spacial score (nSPS) is 26.1. The SMILES string of the molecule is CC(C)c1ncc(N2CCOC3CCCC32)c(CN)n1. The highest BCUT2D eigenvalue weighted by Crippen LogP contribution is 2.34. The van der Waals surface area contributed by atoms with Gasteiger partial charge >= 0.3 is 0 Å². The van der Waals surface area contributed by atoms with Crippen LogP contribution in [0, 0.1) is 0 Å². The Kier molecular flexibility index (Phi) is 3.89. The highest BCUT2D eigenvalue weighted by atomic mass is 16.5. The van der Waals surface area contributed by atoms with E-state index in [0.717, 1.165) is 30.4 Å². The summed E-state index contributed by atoms with van der Waals surface area (Å²) in [6, 6.07) is 0.475. The molecular formula is C15H24N4O. The number of rotatable bonds is 3. The fourth-order valence-electron chi connectivity index (χ4n) is 3.32. The molecule has 0 spiro atoms. The molecule has 2 N–H and O–H groups in total. The second-order valence-corrected chi connectivity index (χ2v) is 6.02. The summed E-state index contributed by atoms with van der Waals surface area (Å²) in [5.74, 6) is 1.21. The smallest absolute Gasteiger partial charge is 0.131 e. The van der Waals surface area contributed by atoms with Crippen molar-refractivity contribution in [2.24, 2.45) is 5.73 Å². The number of nitrogens with two attached hydrogens (primary N) is 1. The Morgan fingerprint density at radius 3 is 3.05 bits per heavy atom. The molecule has 2 aliphatic rings. The van der Waals surface area contributed by atoms with Gasteiger partial charge < -0.3 is 15.4 Å². The van der Waals surface area contributed by atoms with E-state index in [4.69, 9.17) is 10.5 Å². The molecule has 2 heterocycles. The van der Waals surface area contributed by atoms with Crippen LogP contribution in [0.1, 0.15) is 50.5 Å². The highest BCUT2D eigenvalue weighted by molar-refractivity contribution is 5.51. The summed E-state index contributed by atoms with van der Waals surface area (Å²) in [5, 5.41) is 0. The lowest BCUT2D eigenvalue weighted by atomic mass is 10.1. The summed E-state index contributed by atoms with van der Waals surface area (Å²) in [7, 11) is 0. The Labute approximate surface area is 120 Å². The van der Waals surface area contributed by atoms with E-state index in [1.165, 1.54) is 19.3 Å². The van der Waals surface area contributed by atoms with Crippen molar-refractivity contribution >= 4 is 5.69 Å². The van der Waals surface area contributed by atoms with E-state index in [9.17, 15) is 0 Å². The van der Waals surface area contributed by atoms with Crippen molar-refractivity contribution in [1.29, 1.82) is 0 Å². The Morgan fingerprint density at radius 1 is 1.45 bits per heavy atom. The van der Waals surface area contributed by atoms with Gasteiger partial charge in [-0.2, -0.15) is 0 Å². The van der Waals surface area contributed by atoms with Gasteiger partial charge in [0, 0.05) is 19.0 Å². The third-order valence-corrected chi connectivity index (χ3v) is 4.37. The quantitative estimate of drug-likeness (QED) is 0.912. The second kappa shape index (κ2) is 5.66. The predicted molar refractivity (Wildman–Crippen MR) is 78.7 cm³/mol. The Morgan fingerprint density at radius 2 is 2.30 bits per heavy atom. The minimum absolute atomic E-state index is 0.332. The molecule has 1 saturated heterocycles. The van der Waals surface area contributed by atoms with Crippen LogP contribution >= 0.6 is 0 Å². The minimum atomic E-state index is 0.332. The van der Waals surface area contributed by atoms with Crippen molar-refractivity contribution in [2.75, 3.05) is 18.1 Å². The van der Waals surface area contributed by atoms with E-state index in [2.05, 4.69) is 28.7 Å². The first-order valence-electron chi connectivity index (χ1n) is 7.65. The van der Waals surface area contributed by atoms with Gasteiger partial charge in [-0.1, -0.05) is 13.8 Å². The predicted octanol–water partition coefficient (Wildman–Crippen LogP) is 1.82. The molecule has 0 amide bonds. The van der Waals surface area contributed by atoms with Crippen LogP contribution in [0.4, 0.5) is 5.69 Å². The molecule has 0 aromatic carbocycles. The van der Waals surface area contributed by atoms with Crippen molar-refractivity contribution in [3.8, 4) is 0 Å². The van der Waals surface area contributed by atoms with Crippen LogP contribution in [0.25, 0.3) is 0 Å². The van der Waals surface area contributed by atoms with Gasteiger partial charge in [0.1, 0.15) is 5.82 Å². The number of fused-ring (bicyclic) bond motifs is 1. The Hall–Kier alpha value is -1.20. The second-order valence-electron chi connectivity index (χ2n) is 6.02. The molecule has 2 unspecified atom stereocenters. The first kappa shape index (κ1) is 13.8. The van der Waals surface area contributed by atoms with Crippen molar-refractivity contribution in [1.82, 2.24) is 9.97 Å². The molecule has 2 atom stereocenters. The van der Waals surface area contributed by atoms with Crippen LogP contribution in [-0.2, 0) is 11.3 Å². The lowest BCUT2D eigenvalue weighted by Crippen LogP contribution is -2.49. The third kappa shape index (κ3) is 2.40. The number of ether oxygens (including phenoxy) is 1. The van der Waals surface area contributed by atoms with Gasteiger partial charge in [0.05, 0.1) is 36.3 Å². The van der Waals surface area contributed by atoms with Crippen LogP contribution in [0.3, 0.4) is 0 Å². The fraction of sp³-hybridized carbons (Fsp3) is 0.733. The molecule has 1 aliphatic heterocycles. The van der Waals surface area contributed by atoms with E-state index < -0.39 is 0 Å². The van der Waals surface area contributed by atoms with Crippen molar-refractivity contribution < 1.29 is 4.74 Å². The van der Waals surface area contributed by atoms with Gasteiger partial charge in [0.2, 0.25) is 0 Å². The molecule has 110 valence electrons. The molecule has 1 aromatic rings. The fourth-order valence-corrected chi connectivity index (χ4v) is 3.32. The van der Waals surface area contributed by atoms with Crippen LogP contribution in [0.5, 0.6) is 0 Å². The molecule has 1 saturated carbocycles. The topological polar surface area (TPSA) is 64.3 Å². The molecule has 0 bridgehead atoms. The van der Waals surface area contributed by atoms with E-state index >= 15 is 0 Å². The summed E-state index contributed by atoms with van der Waals surface area (Å²) in [6.07, 6.45) is 5.95. The Bertz CT molecular complexity index is 477. The maximum Gasteiger partial charge on any atom is 0.131 e. The van der Waals surface area contributed by atoms with Gasteiger partial charge in [0.25, 0.3) is 0 Å². The lowest BCUT2D eigenvalue weighted by Gasteiger charge is -2.39. The molecule has 2 fully saturated rings. The highest BCUT2D eigenvalue weighted by Gasteiger charge is 2.37. The number of aromatic nitrogens is 2. The van der Waals surface area contributed by atoms with Crippen LogP contribution in [0.2, 0.25) is 0 Å². The van der Waals surface area contributed by atoms with Gasteiger partial charge in [-0.3, -0.25) is 0 Å². The van der Waals surface area contributed by atoms with E-state index in [1.54, 1.807) is 0 Å². The number of nitrogens with zero attached hydrogens (tertiary/aromatic N) is 3. The largest absolute Gasteiger partial charge is 0.374 e. The first-order valence-corrected chi connectivity index (χ1v) is 7.65. The number of morpholine rings is 1. The average Bonchev–Trinajstić information content (AvgIpc) is 2.94. The molecule has 1 aliphatic carbocycles. The molecule has 1 aromatic heterocycles. The van der Waals surface area contributed by atoms with Crippen molar-refractivity contribution in [3.05, 3.63) is 17.7 Å². The minimum Gasteiger partial charge on any atom is -0.374 e. The maximum atomic E-state index is 5.92. The number of anilines is 1. The van der Waals surface area contributed by atoms with E-state index in [-0.39, 0.29) is 0 Å². The van der Waals surface area contributed by atoms with Gasteiger partial charge in [-0.15, -0.1) is 0 Å². The summed E-state index contributed by atoms with van der Waals surface area (Å²) in [4.78, 5) is 11.6. The van der Waals surface area contributed by atoms with E-state index in [0.29, 0.717) is 24.6 Å². The summed E-state index contributed by atoms with van der Waals surface area (Å²) in [5.41, 5.74) is 7.99. The van der Waals surface area contributed by atoms with Crippen LogP contribution in [-0.4, -0.2) is 35.3 Å². The van der Waals surface area contributed by atoms with Gasteiger partial charge in [0.15, 0.2) is 0 Å². The Balaban J connectivity index is 1.92. The van der Waals surface area contributed by atoms with Crippen molar-refractivity contribution in [3.63, 3.8) is 0 Å². The number of hydrogen-bond acceptors (Lipinski definition) is 5. The number of hydrogen-bond donors (Lipinski definition) is 1. The first-order chi connectivity index (χ1) is 9.70. The summed E-state index contributed by atoms with van der Waals surface area (Å²) >= 11 is 0. The molecule has 20 heavy (non-hydrogen) atoms. The maximum absolute atomic E-state index is 5.92. The average molecular weight is 276 g/mol. The standard InChI is InChI=1S/C15H24N4O/c1-10(2)15-17-9-13(11(8-16)18-15)19-6-7-20-14-5-3-4-12(14)19/h9-10,12,14H,3-8,16H2,1-2H3. The molecule has 0 radical (unpaired) electrons. The van der Waals surface area contributed by atoms with Gasteiger partial charge in [-0.25, -0.2) is 9.97 Å². The zero-order valence-corrected chi connectivity index (χ0v) is 12.4. The van der Waals surface area contributed by atoms with Crippen LogP contribution in [0.15, 0.2) is 6.20 Å². The summed E-state index contributed by atoms with van der Waals surface area (Å²) in [6.45, 7) is 6.38. The third-order valence-electron chi connectivity index (χ3n) is 4.37. The zero-order valence-electron chi connectivity index (χ0n) is 12.4. The van der Waals surface area contributed by atoms with Crippen LogP contribution < -0.4 is 10.6 Å². The summed E-state index contributed by atoms with van der Waals surface area (Å²) < 4.78 is 5.88. The molecule has 3 rings (SSSR count). The molecule has 5 nitrogen and oxygen atoms in total. The molecular weight excluding hydrogens is 252 g/mol. The van der Waals surface area contributed by atoms with E-state index in [1.807, 2.05) is 6.20 Å². The van der Waals surface area contributed by atoms with Gasteiger partial charge in [-0.05, 0) is 19.3 Å². The molecule has 5 heteroatoms. The van der Waals surface area contributed by atoms with Crippen molar-refractivity contribution in [2.45, 2.75) is 57.7 Å². The lowest BCUT2D eigenvalue weighted by molar-refractivity contribution is 0.0255. The monoisotopic (exact) mass is 276 g/mol. The zero-order chi connectivity index (χ0) is 14.1.